The SMILES string of the molecule is Oc1cccc(O)c1CN1CCOCC1. The number of hydrogen-bond acceptors (Lipinski definition) is 4. The molecule has 1 aromatic carbocycles. The molecule has 4 heteroatoms. The number of nitrogens with zero attached hydrogens (tertiary/aromatic N) is 1. The molecule has 0 aromatic heterocycles. The second-order valence-corrected chi connectivity index (χ2v) is 3.66. The Kier molecular flexibility index (Phi) is 3.08. The van der Waals surface area contributed by atoms with Crippen LogP contribution in [0.25, 0.3) is 0 Å². The van der Waals surface area contributed by atoms with Gasteiger partial charge in [-0.2, -0.15) is 0 Å². The Balaban J connectivity index is 2.09. The van der Waals surface area contributed by atoms with Gasteiger partial charge < -0.3 is 14.9 Å². The van der Waals surface area contributed by atoms with Gasteiger partial charge in [0.15, 0.2) is 0 Å². The van der Waals surface area contributed by atoms with E-state index in [-0.39, 0.29) is 11.5 Å². The fourth-order valence-corrected chi connectivity index (χ4v) is 1.71. The minimum absolute atomic E-state index is 0.154. The topological polar surface area (TPSA) is 52.9 Å². The summed E-state index contributed by atoms with van der Waals surface area (Å²) in [7, 11) is 0. The van der Waals surface area contributed by atoms with Crippen molar-refractivity contribution in [1.29, 1.82) is 0 Å². The van der Waals surface area contributed by atoms with E-state index >= 15 is 0 Å². The second kappa shape index (κ2) is 4.51. The molecule has 0 atom stereocenters. The van der Waals surface area contributed by atoms with E-state index < -0.39 is 0 Å². The Bertz CT molecular complexity index is 314. The Morgan fingerprint density at radius 3 is 2.33 bits per heavy atom. The molecule has 2 rings (SSSR count). The predicted octanol–water partition coefficient (Wildman–Crippen LogP) is 0.930. The minimum Gasteiger partial charge on any atom is -0.507 e. The van der Waals surface area contributed by atoms with Gasteiger partial charge in [0.1, 0.15) is 11.5 Å². The zero-order valence-electron chi connectivity index (χ0n) is 8.52. The summed E-state index contributed by atoms with van der Waals surface area (Å²) in [5.74, 6) is 0.308. The first-order valence-electron chi connectivity index (χ1n) is 5.07. The standard InChI is InChI=1S/C11H15NO3/c13-10-2-1-3-11(14)9(10)8-12-4-6-15-7-5-12/h1-3,13-14H,4-8H2. The first kappa shape index (κ1) is 10.3. The van der Waals surface area contributed by atoms with Crippen LogP contribution in [0.3, 0.4) is 0 Å². The third kappa shape index (κ3) is 2.40. The molecule has 1 aliphatic heterocycles. The lowest BCUT2D eigenvalue weighted by Crippen LogP contribution is -2.35. The number of ether oxygens (including phenoxy) is 1. The monoisotopic (exact) mass is 209 g/mol. The third-order valence-corrected chi connectivity index (χ3v) is 2.61. The fraction of sp³-hybridized carbons (Fsp3) is 0.455. The predicted molar refractivity (Wildman–Crippen MR) is 55.9 cm³/mol. The molecule has 0 unspecified atom stereocenters. The van der Waals surface area contributed by atoms with Gasteiger partial charge in [0.2, 0.25) is 0 Å². The Morgan fingerprint density at radius 1 is 1.13 bits per heavy atom. The second-order valence-electron chi connectivity index (χ2n) is 3.66. The summed E-state index contributed by atoms with van der Waals surface area (Å²) in [4.78, 5) is 2.15. The van der Waals surface area contributed by atoms with Crippen LogP contribution >= 0.6 is 0 Å². The highest BCUT2D eigenvalue weighted by Gasteiger charge is 2.14. The molecule has 1 heterocycles. The number of phenols is 2. The van der Waals surface area contributed by atoms with Gasteiger partial charge >= 0.3 is 0 Å². The van der Waals surface area contributed by atoms with Crippen LogP contribution in [0, 0.1) is 0 Å². The van der Waals surface area contributed by atoms with Crippen LogP contribution in [0.15, 0.2) is 18.2 Å². The van der Waals surface area contributed by atoms with Gasteiger partial charge in [0.25, 0.3) is 0 Å². The van der Waals surface area contributed by atoms with E-state index in [2.05, 4.69) is 4.90 Å². The normalized spacial score (nSPS) is 17.9. The van der Waals surface area contributed by atoms with Crippen molar-refractivity contribution >= 4 is 0 Å². The average Bonchev–Trinajstić information content (AvgIpc) is 2.25. The van der Waals surface area contributed by atoms with E-state index in [1.165, 1.54) is 0 Å². The molecule has 1 saturated heterocycles. The summed E-state index contributed by atoms with van der Waals surface area (Å²) < 4.78 is 5.23. The van der Waals surface area contributed by atoms with Crippen LogP contribution in [-0.2, 0) is 11.3 Å². The fourth-order valence-electron chi connectivity index (χ4n) is 1.71. The van der Waals surface area contributed by atoms with E-state index in [9.17, 15) is 10.2 Å². The molecule has 4 nitrogen and oxygen atoms in total. The number of morpholine rings is 1. The molecule has 1 aromatic rings. The van der Waals surface area contributed by atoms with Crippen molar-refractivity contribution in [3.63, 3.8) is 0 Å². The Morgan fingerprint density at radius 2 is 1.73 bits per heavy atom. The summed E-state index contributed by atoms with van der Waals surface area (Å²) in [6.07, 6.45) is 0. The van der Waals surface area contributed by atoms with Crippen molar-refractivity contribution in [1.82, 2.24) is 4.90 Å². The van der Waals surface area contributed by atoms with E-state index in [0.29, 0.717) is 25.3 Å². The maximum Gasteiger partial charge on any atom is 0.123 e. The molecule has 15 heavy (non-hydrogen) atoms. The quantitative estimate of drug-likeness (QED) is 0.760. The maximum absolute atomic E-state index is 9.60. The molecule has 1 fully saturated rings. The first-order valence-corrected chi connectivity index (χ1v) is 5.07. The molecule has 82 valence electrons. The lowest BCUT2D eigenvalue weighted by Gasteiger charge is -2.27. The third-order valence-electron chi connectivity index (χ3n) is 2.61. The molecule has 0 spiro atoms. The van der Waals surface area contributed by atoms with Crippen LogP contribution in [0.2, 0.25) is 0 Å². The van der Waals surface area contributed by atoms with Gasteiger partial charge in [-0.15, -0.1) is 0 Å². The largest absolute Gasteiger partial charge is 0.507 e. The van der Waals surface area contributed by atoms with Crippen LogP contribution < -0.4 is 0 Å². The molecule has 0 radical (unpaired) electrons. The van der Waals surface area contributed by atoms with Crippen molar-refractivity contribution in [2.45, 2.75) is 6.54 Å². The molecule has 1 aliphatic rings. The molecule has 2 N–H and O–H groups in total. The summed E-state index contributed by atoms with van der Waals surface area (Å²) in [5.41, 5.74) is 0.597. The first-order chi connectivity index (χ1) is 7.27. The van der Waals surface area contributed by atoms with Crippen molar-refractivity contribution < 1.29 is 14.9 Å². The van der Waals surface area contributed by atoms with Crippen LogP contribution in [0.5, 0.6) is 11.5 Å². The van der Waals surface area contributed by atoms with Gasteiger partial charge in [-0.1, -0.05) is 6.07 Å². The summed E-state index contributed by atoms with van der Waals surface area (Å²) in [6, 6.07) is 4.82. The van der Waals surface area contributed by atoms with Gasteiger partial charge in [-0.05, 0) is 12.1 Å². The number of rotatable bonds is 2. The number of phenolic OH excluding ortho intramolecular Hbond substituents is 2. The Labute approximate surface area is 88.7 Å². The van der Waals surface area contributed by atoms with Crippen molar-refractivity contribution in [3.8, 4) is 11.5 Å². The maximum atomic E-state index is 9.60. The highest BCUT2D eigenvalue weighted by Crippen LogP contribution is 2.27. The molecule has 0 aliphatic carbocycles. The van der Waals surface area contributed by atoms with Gasteiger partial charge in [0, 0.05) is 25.2 Å². The summed E-state index contributed by atoms with van der Waals surface area (Å²) in [5, 5.41) is 19.2. The van der Waals surface area contributed by atoms with E-state index in [4.69, 9.17) is 4.74 Å². The van der Waals surface area contributed by atoms with Gasteiger partial charge in [0.05, 0.1) is 13.2 Å². The van der Waals surface area contributed by atoms with Crippen LogP contribution in [-0.4, -0.2) is 41.4 Å². The summed E-state index contributed by atoms with van der Waals surface area (Å²) in [6.45, 7) is 3.69. The van der Waals surface area contributed by atoms with E-state index in [1.807, 2.05) is 0 Å². The number of aromatic hydroxyl groups is 2. The molecule has 0 saturated carbocycles. The van der Waals surface area contributed by atoms with Crippen molar-refractivity contribution in [2.24, 2.45) is 0 Å². The van der Waals surface area contributed by atoms with Crippen molar-refractivity contribution in [3.05, 3.63) is 23.8 Å². The zero-order chi connectivity index (χ0) is 10.7. The highest BCUT2D eigenvalue weighted by molar-refractivity contribution is 5.42. The smallest absolute Gasteiger partial charge is 0.123 e. The van der Waals surface area contributed by atoms with Crippen molar-refractivity contribution in [2.75, 3.05) is 26.3 Å². The van der Waals surface area contributed by atoms with E-state index in [0.717, 1.165) is 13.1 Å². The average molecular weight is 209 g/mol. The van der Waals surface area contributed by atoms with Gasteiger partial charge in [-0.3, -0.25) is 4.90 Å². The lowest BCUT2D eigenvalue weighted by atomic mass is 10.1. The van der Waals surface area contributed by atoms with Crippen LogP contribution in [0.1, 0.15) is 5.56 Å². The molecule has 0 bridgehead atoms. The summed E-state index contributed by atoms with van der Waals surface area (Å²) >= 11 is 0. The minimum atomic E-state index is 0.154. The lowest BCUT2D eigenvalue weighted by molar-refractivity contribution is 0.0335. The molecular weight excluding hydrogens is 194 g/mol. The number of benzene rings is 1. The zero-order valence-corrected chi connectivity index (χ0v) is 8.52. The Hall–Kier alpha value is -1.26. The highest BCUT2D eigenvalue weighted by atomic mass is 16.5. The molecule has 0 amide bonds. The number of hydrogen-bond donors (Lipinski definition) is 2. The van der Waals surface area contributed by atoms with Crippen LogP contribution in [0.4, 0.5) is 0 Å². The molecular formula is C11H15NO3. The van der Waals surface area contributed by atoms with E-state index in [1.54, 1.807) is 18.2 Å². The van der Waals surface area contributed by atoms with Gasteiger partial charge in [-0.25, -0.2) is 0 Å².